The number of nitrogens with one attached hydrogen (secondary N) is 1. The summed E-state index contributed by atoms with van der Waals surface area (Å²) in [6.07, 6.45) is 3.67. The van der Waals surface area contributed by atoms with Gasteiger partial charge in [-0.25, -0.2) is 9.37 Å². The van der Waals surface area contributed by atoms with Gasteiger partial charge in [-0.05, 0) is 25.1 Å². The summed E-state index contributed by atoms with van der Waals surface area (Å²) < 4.78 is 27.0. The van der Waals surface area contributed by atoms with Crippen LogP contribution in [-0.4, -0.2) is 54.5 Å². The SMILES string of the molecule is COc1cccc(F)c1OCC1CN(c2c3c(nc4ccnn24)CCNCC3)C1. The number of para-hydroxylation sites is 1. The number of aromatic nitrogens is 3. The minimum atomic E-state index is -0.397. The second-order valence-corrected chi connectivity index (χ2v) is 7.57. The molecule has 0 unspecified atom stereocenters. The summed E-state index contributed by atoms with van der Waals surface area (Å²) in [6, 6.07) is 6.66. The van der Waals surface area contributed by atoms with Crippen molar-refractivity contribution >= 4 is 11.5 Å². The second-order valence-electron chi connectivity index (χ2n) is 7.57. The lowest BCUT2D eigenvalue weighted by Gasteiger charge is -2.41. The maximum atomic E-state index is 14.1. The molecule has 1 N–H and O–H groups in total. The molecule has 7 nitrogen and oxygen atoms in total. The Kier molecular flexibility index (Phi) is 4.71. The van der Waals surface area contributed by atoms with Crippen molar-refractivity contribution < 1.29 is 13.9 Å². The van der Waals surface area contributed by atoms with E-state index in [1.165, 1.54) is 18.7 Å². The van der Waals surface area contributed by atoms with Gasteiger partial charge in [-0.2, -0.15) is 9.61 Å². The molecular formula is C21H24FN5O2. The molecule has 0 radical (unpaired) electrons. The summed E-state index contributed by atoms with van der Waals surface area (Å²) in [5.41, 5.74) is 3.33. The van der Waals surface area contributed by atoms with Crippen LogP contribution < -0.4 is 19.7 Å². The highest BCUT2D eigenvalue weighted by Gasteiger charge is 2.33. The number of nitrogens with zero attached hydrogens (tertiary/aromatic N) is 4. The third-order valence-corrected chi connectivity index (χ3v) is 5.65. The van der Waals surface area contributed by atoms with E-state index in [9.17, 15) is 4.39 Å². The second kappa shape index (κ2) is 7.51. The average Bonchev–Trinajstić information content (AvgIpc) is 3.03. The molecule has 2 aliphatic heterocycles. The number of halogens is 1. The third kappa shape index (κ3) is 3.27. The monoisotopic (exact) mass is 397 g/mol. The molecule has 2 aromatic heterocycles. The zero-order chi connectivity index (χ0) is 19.8. The minimum Gasteiger partial charge on any atom is -0.493 e. The van der Waals surface area contributed by atoms with Crippen LogP contribution in [-0.2, 0) is 12.8 Å². The molecule has 4 heterocycles. The van der Waals surface area contributed by atoms with Crippen LogP contribution in [0.5, 0.6) is 11.5 Å². The molecule has 0 amide bonds. The van der Waals surface area contributed by atoms with E-state index < -0.39 is 5.82 Å². The van der Waals surface area contributed by atoms with Gasteiger partial charge in [0.2, 0.25) is 0 Å². The lowest BCUT2D eigenvalue weighted by Crippen LogP contribution is -2.50. The van der Waals surface area contributed by atoms with Gasteiger partial charge in [0.1, 0.15) is 5.82 Å². The van der Waals surface area contributed by atoms with Crippen molar-refractivity contribution in [2.45, 2.75) is 12.8 Å². The van der Waals surface area contributed by atoms with Gasteiger partial charge in [0, 0.05) is 43.6 Å². The Morgan fingerprint density at radius 3 is 2.93 bits per heavy atom. The number of fused-ring (bicyclic) bond motifs is 2. The van der Waals surface area contributed by atoms with E-state index in [4.69, 9.17) is 14.5 Å². The van der Waals surface area contributed by atoms with Crippen LogP contribution >= 0.6 is 0 Å². The fourth-order valence-corrected chi connectivity index (χ4v) is 4.18. The topological polar surface area (TPSA) is 63.9 Å². The zero-order valence-corrected chi connectivity index (χ0v) is 16.4. The van der Waals surface area contributed by atoms with Crippen LogP contribution in [0, 0.1) is 11.7 Å². The van der Waals surface area contributed by atoms with Crippen molar-refractivity contribution in [2.24, 2.45) is 5.92 Å². The van der Waals surface area contributed by atoms with Gasteiger partial charge in [0.25, 0.3) is 0 Å². The Balaban J connectivity index is 1.33. The van der Waals surface area contributed by atoms with Gasteiger partial charge < -0.3 is 19.7 Å². The Hall–Kier alpha value is -2.87. The molecule has 3 aromatic rings. The molecule has 0 bridgehead atoms. The third-order valence-electron chi connectivity index (χ3n) is 5.65. The maximum absolute atomic E-state index is 14.1. The Bertz CT molecular complexity index is 1030. The molecule has 1 fully saturated rings. The van der Waals surface area contributed by atoms with Crippen LogP contribution in [0.25, 0.3) is 5.65 Å². The van der Waals surface area contributed by atoms with Crippen molar-refractivity contribution in [3.8, 4) is 11.5 Å². The standard InChI is InChI=1S/C21H24FN5O2/c1-28-18-4-2-3-16(22)20(18)29-13-14-11-26(12-14)21-15-5-8-23-9-6-17(15)25-19-7-10-24-27(19)21/h2-4,7,10,14,23H,5-6,8-9,11-13H2,1H3. The quantitative estimate of drug-likeness (QED) is 0.711. The predicted molar refractivity (Wildman–Crippen MR) is 107 cm³/mol. The number of methoxy groups -OCH3 is 1. The zero-order valence-electron chi connectivity index (χ0n) is 16.4. The number of ether oxygens (including phenoxy) is 2. The van der Waals surface area contributed by atoms with Crippen molar-refractivity contribution in [1.82, 2.24) is 19.9 Å². The molecule has 0 saturated carbocycles. The Morgan fingerprint density at radius 1 is 1.21 bits per heavy atom. The molecule has 0 atom stereocenters. The smallest absolute Gasteiger partial charge is 0.197 e. The molecule has 1 aromatic carbocycles. The summed E-state index contributed by atoms with van der Waals surface area (Å²) >= 11 is 0. The molecule has 2 aliphatic rings. The lowest BCUT2D eigenvalue weighted by atomic mass is 9.99. The first-order valence-electron chi connectivity index (χ1n) is 10.0. The maximum Gasteiger partial charge on any atom is 0.197 e. The predicted octanol–water partition coefficient (Wildman–Crippen LogP) is 2.08. The van der Waals surface area contributed by atoms with E-state index in [-0.39, 0.29) is 5.75 Å². The highest BCUT2D eigenvalue weighted by Crippen LogP contribution is 2.33. The molecule has 29 heavy (non-hydrogen) atoms. The Morgan fingerprint density at radius 2 is 2.07 bits per heavy atom. The van der Waals surface area contributed by atoms with Crippen LogP contribution in [0.1, 0.15) is 11.3 Å². The van der Waals surface area contributed by atoms with Gasteiger partial charge in [-0.3, -0.25) is 0 Å². The first-order valence-corrected chi connectivity index (χ1v) is 10.0. The summed E-state index contributed by atoms with van der Waals surface area (Å²) in [7, 11) is 1.52. The summed E-state index contributed by atoms with van der Waals surface area (Å²) in [5, 5.41) is 7.96. The van der Waals surface area contributed by atoms with E-state index in [0.717, 1.165) is 56.2 Å². The summed E-state index contributed by atoms with van der Waals surface area (Å²) in [5.74, 6) is 1.67. The minimum absolute atomic E-state index is 0.187. The largest absolute Gasteiger partial charge is 0.493 e. The van der Waals surface area contributed by atoms with Gasteiger partial charge in [-0.15, -0.1) is 0 Å². The number of benzene rings is 1. The van der Waals surface area contributed by atoms with Crippen molar-refractivity contribution in [1.29, 1.82) is 0 Å². The van der Waals surface area contributed by atoms with Crippen molar-refractivity contribution in [3.05, 3.63) is 47.5 Å². The van der Waals surface area contributed by atoms with Crippen LogP contribution in [0.2, 0.25) is 0 Å². The van der Waals surface area contributed by atoms with Gasteiger partial charge >= 0.3 is 0 Å². The van der Waals surface area contributed by atoms with Crippen LogP contribution in [0.4, 0.5) is 10.2 Å². The first kappa shape index (κ1) is 18.2. The molecule has 1 saturated heterocycles. The van der Waals surface area contributed by atoms with E-state index in [0.29, 0.717) is 18.3 Å². The molecule has 0 spiro atoms. The highest BCUT2D eigenvalue weighted by atomic mass is 19.1. The number of rotatable bonds is 5. The van der Waals surface area contributed by atoms with Crippen LogP contribution in [0.3, 0.4) is 0 Å². The molecule has 0 aliphatic carbocycles. The fraction of sp³-hybridized carbons (Fsp3) is 0.429. The molecule has 8 heteroatoms. The summed E-state index contributed by atoms with van der Waals surface area (Å²) in [4.78, 5) is 7.15. The normalized spacial score (nSPS) is 17.0. The van der Waals surface area contributed by atoms with E-state index in [1.54, 1.807) is 18.3 Å². The molecule has 5 rings (SSSR count). The first-order chi connectivity index (χ1) is 14.2. The average molecular weight is 397 g/mol. The molecule has 152 valence electrons. The number of anilines is 1. The van der Waals surface area contributed by atoms with Gasteiger partial charge in [-0.1, -0.05) is 6.07 Å². The Labute approximate surface area is 168 Å². The highest BCUT2D eigenvalue weighted by molar-refractivity contribution is 5.59. The van der Waals surface area contributed by atoms with E-state index in [1.807, 2.05) is 10.6 Å². The fourth-order valence-electron chi connectivity index (χ4n) is 4.18. The number of hydrogen-bond acceptors (Lipinski definition) is 6. The van der Waals surface area contributed by atoms with E-state index >= 15 is 0 Å². The van der Waals surface area contributed by atoms with Gasteiger partial charge in [0.05, 0.1) is 25.6 Å². The molecular weight excluding hydrogens is 373 g/mol. The van der Waals surface area contributed by atoms with Crippen LogP contribution in [0.15, 0.2) is 30.5 Å². The van der Waals surface area contributed by atoms with E-state index in [2.05, 4.69) is 15.3 Å². The lowest BCUT2D eigenvalue weighted by molar-refractivity contribution is 0.204. The van der Waals surface area contributed by atoms with Crippen molar-refractivity contribution in [2.75, 3.05) is 44.8 Å². The van der Waals surface area contributed by atoms with Crippen molar-refractivity contribution in [3.63, 3.8) is 0 Å². The van der Waals surface area contributed by atoms with Gasteiger partial charge in [0.15, 0.2) is 23.0 Å². The number of hydrogen-bond donors (Lipinski definition) is 1. The summed E-state index contributed by atoms with van der Waals surface area (Å²) in [6.45, 7) is 4.03.